The molecule has 0 aliphatic rings. The molecule has 0 aromatic carbocycles. The molecule has 0 spiro atoms. The Morgan fingerprint density at radius 2 is 1.20 bits per heavy atom. The molecule has 0 fully saturated rings. The Morgan fingerprint density at radius 3 is 1.20 bits per heavy atom. The molecule has 0 unspecified atom stereocenters. The molecule has 0 heterocycles. The summed E-state index contributed by atoms with van der Waals surface area (Å²) in [7, 11) is -0.618. The number of hydrogen-bond acceptors (Lipinski definition) is 3. The fraction of sp³-hybridized carbons (Fsp3) is 1.00. The van der Waals surface area contributed by atoms with Gasteiger partial charge >= 0.3 is 88.7 Å². The molecule has 0 amide bonds. The Labute approximate surface area is 136 Å². The summed E-state index contributed by atoms with van der Waals surface area (Å²) in [6, 6.07) is 0. The molecule has 0 rings (SSSR count). The minimum absolute atomic E-state index is 0. The molecule has 0 saturated heterocycles. The van der Waals surface area contributed by atoms with E-state index in [1.165, 1.54) is 0 Å². The molecule has 2 nitrogen and oxygen atoms in total. The van der Waals surface area contributed by atoms with Crippen LogP contribution < -0.4 is 98.5 Å². The second kappa shape index (κ2) is 11.1. The van der Waals surface area contributed by atoms with Crippen LogP contribution in [-0.2, 0) is 22.3 Å². The van der Waals surface area contributed by atoms with Crippen LogP contribution in [0.25, 0.3) is 0 Å². The van der Waals surface area contributed by atoms with E-state index in [1.54, 1.807) is 12.5 Å². The van der Waals surface area contributed by atoms with Gasteiger partial charge in [0.25, 0.3) is 0 Å². The molecule has 0 atom stereocenters. The van der Waals surface area contributed by atoms with Crippen LogP contribution in [0, 0.1) is 0 Å². The molecular weight excluding hydrogens is 220 g/mol. The topological polar surface area (TPSA) is 46.1 Å². The summed E-state index contributed by atoms with van der Waals surface area (Å²) in [5.74, 6) is 0. The summed E-state index contributed by atoms with van der Waals surface area (Å²) in [6.07, 6.45) is 3.20. The fourth-order valence-electron chi connectivity index (χ4n) is 0. The maximum absolute atomic E-state index is 10.2. The third-order valence-electron chi connectivity index (χ3n) is 0.447. The predicted octanol–water partition coefficient (Wildman–Crippen LogP) is -10.2. The predicted molar refractivity (Wildman–Crippen MR) is 33.5 cm³/mol. The van der Waals surface area contributed by atoms with Crippen LogP contribution in [-0.4, -0.2) is 12.5 Å². The van der Waals surface area contributed by atoms with Crippen LogP contribution in [0.3, 0.4) is 0 Å². The first-order chi connectivity index (χ1) is 2.94. The minimum Gasteiger partial charge on any atom is -0.854 e. The third-order valence-corrected chi connectivity index (χ3v) is 6.71. The smallest absolute Gasteiger partial charge is 0.854 e. The van der Waals surface area contributed by atoms with Gasteiger partial charge in [-0.15, -0.1) is 0 Å². The van der Waals surface area contributed by atoms with Crippen molar-refractivity contribution in [3.63, 3.8) is 0 Å². The van der Waals surface area contributed by atoms with E-state index in [0.29, 0.717) is 0 Å². The maximum Gasteiger partial charge on any atom is 1.00 e. The van der Waals surface area contributed by atoms with Crippen molar-refractivity contribution in [2.24, 2.45) is 0 Å². The van der Waals surface area contributed by atoms with Crippen LogP contribution in [0.4, 0.5) is 0 Å². The second-order valence-electron chi connectivity index (χ2n) is 1.22. The Hall–Kier alpha value is 4.05. The fourth-order valence-corrected chi connectivity index (χ4v) is 0. The molecule has 0 radical (unpaired) electrons. The second-order valence-corrected chi connectivity index (χ2v) is 9.43. The van der Waals surface area contributed by atoms with Gasteiger partial charge in [0.15, 0.2) is 0 Å². The zero-order chi connectivity index (χ0) is 6.08. The molecule has 8 heteroatoms. The first kappa shape index (κ1) is 23.7. The first-order valence-corrected chi connectivity index (χ1v) is 6.83. The average molecular weight is 226 g/mol. The molecular formula is C2H6Na3O2PS2. The van der Waals surface area contributed by atoms with Crippen LogP contribution in [0.1, 0.15) is 0 Å². The van der Waals surface area contributed by atoms with Crippen molar-refractivity contribution in [3.05, 3.63) is 0 Å². The van der Waals surface area contributed by atoms with Crippen LogP contribution in [0.15, 0.2) is 0 Å². The van der Waals surface area contributed by atoms with Gasteiger partial charge in [0.05, 0.1) is 0 Å². The maximum atomic E-state index is 10.2. The molecule has 10 heavy (non-hydrogen) atoms. The normalized spacial score (nSPS) is 9.00. The molecule has 0 N–H and O–H groups in total. The van der Waals surface area contributed by atoms with Crippen molar-refractivity contribution in [1.82, 2.24) is 0 Å². The molecule has 0 aromatic heterocycles. The quantitative estimate of drug-likeness (QED) is 0.234. The summed E-state index contributed by atoms with van der Waals surface area (Å²) in [4.78, 5) is 20.4. The van der Waals surface area contributed by atoms with E-state index in [0.717, 1.165) is 0 Å². The van der Waals surface area contributed by atoms with Crippen molar-refractivity contribution in [2.45, 2.75) is 0 Å². The zero-order valence-corrected chi connectivity index (χ0v) is 15.6. The van der Waals surface area contributed by atoms with Crippen molar-refractivity contribution < 1.29 is 98.5 Å². The minimum atomic E-state index is -3.38. The van der Waals surface area contributed by atoms with Gasteiger partial charge in [0, 0.05) is 0 Å². The third kappa shape index (κ3) is 14.6. The summed E-state index contributed by atoms with van der Waals surface area (Å²) in [6.45, 7) is 0. The molecule has 0 aromatic rings. The van der Waals surface area contributed by atoms with E-state index in [1.807, 2.05) is 0 Å². The Bertz CT molecular complexity index is 111. The van der Waals surface area contributed by atoms with Gasteiger partial charge < -0.3 is 27.7 Å². The van der Waals surface area contributed by atoms with Gasteiger partial charge in [-0.3, -0.25) is 0 Å². The van der Waals surface area contributed by atoms with Gasteiger partial charge in [-0.05, 0) is 12.5 Å². The van der Waals surface area contributed by atoms with Crippen molar-refractivity contribution in [1.29, 1.82) is 0 Å². The molecule has 0 bridgehead atoms. The van der Waals surface area contributed by atoms with E-state index in [9.17, 15) is 9.79 Å². The van der Waals surface area contributed by atoms with Crippen molar-refractivity contribution >= 4 is 28.0 Å². The van der Waals surface area contributed by atoms with Crippen molar-refractivity contribution in [2.75, 3.05) is 12.5 Å². The Kier molecular flexibility index (Phi) is 26.4. The van der Waals surface area contributed by atoms with Crippen LogP contribution in [0.2, 0.25) is 0 Å². The van der Waals surface area contributed by atoms with Crippen LogP contribution in [0.5, 0.6) is 0 Å². The SMILES string of the molecule is CS(C)=P([O-])([O-])[S-].[Na+].[Na+].[Na+]. The number of rotatable bonds is 0. The average Bonchev–Trinajstić information content (AvgIpc) is 1.31. The molecule has 0 aliphatic heterocycles. The van der Waals surface area contributed by atoms with E-state index in [2.05, 4.69) is 12.2 Å². The first-order valence-electron chi connectivity index (χ1n) is 1.55. The molecule has 0 saturated carbocycles. The van der Waals surface area contributed by atoms with Gasteiger partial charge in [0.2, 0.25) is 0 Å². The zero-order valence-electron chi connectivity index (χ0n) is 7.08. The van der Waals surface area contributed by atoms with Gasteiger partial charge in [-0.1, -0.05) is 0 Å². The molecule has 46 valence electrons. The molecule has 0 aliphatic carbocycles. The van der Waals surface area contributed by atoms with E-state index in [4.69, 9.17) is 0 Å². The van der Waals surface area contributed by atoms with Gasteiger partial charge in [-0.25, -0.2) is 10.1 Å². The van der Waals surface area contributed by atoms with Crippen molar-refractivity contribution in [3.8, 4) is 0 Å². The van der Waals surface area contributed by atoms with Gasteiger partial charge in [0.1, 0.15) is 0 Å². The Morgan fingerprint density at radius 1 is 1.10 bits per heavy atom. The summed E-state index contributed by atoms with van der Waals surface area (Å²) in [5.41, 5.74) is -3.38. The largest absolute Gasteiger partial charge is 1.00 e. The number of hydrogen-bond donors (Lipinski definition) is 0. The Balaban J connectivity index is -0.0000000600. The van der Waals surface area contributed by atoms with E-state index >= 15 is 0 Å². The summed E-state index contributed by atoms with van der Waals surface area (Å²) < 4.78 is 0. The van der Waals surface area contributed by atoms with Crippen LogP contribution >= 0.6 is 5.69 Å². The standard InChI is InChI=1S/C2H6O2PS2.3Na/c1-7(2)5(3,4)6;;;/h1-2H3;;;/q-3;3*+1. The monoisotopic (exact) mass is 226 g/mol. The van der Waals surface area contributed by atoms with Gasteiger partial charge in [-0.2, -0.15) is 0 Å². The van der Waals surface area contributed by atoms with E-state index < -0.39 is 15.8 Å². The van der Waals surface area contributed by atoms with E-state index in [-0.39, 0.29) is 88.7 Å². The summed E-state index contributed by atoms with van der Waals surface area (Å²) in [5, 5.41) is 0. The summed E-state index contributed by atoms with van der Waals surface area (Å²) >= 11 is 4.12.